The zero-order chi connectivity index (χ0) is 21.8. The van der Waals surface area contributed by atoms with Gasteiger partial charge in [-0.3, -0.25) is 0 Å². The first-order valence-corrected chi connectivity index (χ1v) is 11.4. The number of fused-ring (bicyclic) bond motifs is 1. The molecule has 1 aromatic carbocycles. The summed E-state index contributed by atoms with van der Waals surface area (Å²) >= 11 is 6.30. The maximum atomic E-state index is 13.4. The molecule has 0 saturated carbocycles. The van der Waals surface area contributed by atoms with Gasteiger partial charge in [0.2, 0.25) is 5.89 Å². The summed E-state index contributed by atoms with van der Waals surface area (Å²) in [6.45, 7) is 11.5. The summed E-state index contributed by atoms with van der Waals surface area (Å²) in [6, 6.07) is 3.17. The number of aromatic nitrogens is 1. The summed E-state index contributed by atoms with van der Waals surface area (Å²) in [5, 5.41) is -0.703. The van der Waals surface area contributed by atoms with Gasteiger partial charge in [-0.2, -0.15) is 0 Å². The number of nitrogens with zero attached hydrogens (tertiary/aromatic N) is 2. The lowest BCUT2D eigenvalue weighted by Gasteiger charge is -2.24. The van der Waals surface area contributed by atoms with E-state index >= 15 is 0 Å². The number of carbonyl (C=O) groups is 1. The predicted molar refractivity (Wildman–Crippen MR) is 111 cm³/mol. The summed E-state index contributed by atoms with van der Waals surface area (Å²) in [4.78, 5) is 18.1. The molecule has 0 aliphatic carbocycles. The second-order valence-electron chi connectivity index (χ2n) is 9.38. The molecule has 9 heteroatoms. The van der Waals surface area contributed by atoms with E-state index in [1.54, 1.807) is 26.8 Å². The Kier molecular flexibility index (Phi) is 5.41. The molecule has 1 aromatic heterocycles. The Labute approximate surface area is 176 Å². The first-order valence-electron chi connectivity index (χ1n) is 9.51. The van der Waals surface area contributed by atoms with Gasteiger partial charge in [0, 0.05) is 18.5 Å². The third-order valence-electron chi connectivity index (χ3n) is 4.63. The lowest BCUT2D eigenvalue weighted by atomic mass is 9.97. The summed E-state index contributed by atoms with van der Waals surface area (Å²) in [5.41, 5.74) is -0.419. The fraction of sp³-hybridized carbons (Fsp3) is 0.600. The van der Waals surface area contributed by atoms with Crippen molar-refractivity contribution in [1.29, 1.82) is 0 Å². The van der Waals surface area contributed by atoms with Crippen molar-refractivity contribution in [2.45, 2.75) is 69.1 Å². The zero-order valence-corrected chi connectivity index (χ0v) is 19.1. The number of hydrogen-bond donors (Lipinski definition) is 0. The number of amides is 1. The van der Waals surface area contributed by atoms with Gasteiger partial charge in [-0.05, 0) is 39.3 Å². The largest absolute Gasteiger partial charge is 0.444 e. The molecular formula is C20H27ClN2O5S. The Morgan fingerprint density at radius 2 is 1.90 bits per heavy atom. The second-order valence-corrected chi connectivity index (χ2v) is 11.9. The van der Waals surface area contributed by atoms with E-state index in [9.17, 15) is 13.2 Å². The van der Waals surface area contributed by atoms with Crippen LogP contribution in [-0.2, 0) is 20.0 Å². The van der Waals surface area contributed by atoms with Crippen molar-refractivity contribution in [3.63, 3.8) is 0 Å². The number of halogens is 1. The van der Waals surface area contributed by atoms with Gasteiger partial charge in [-0.15, -0.1) is 0 Å². The first-order chi connectivity index (χ1) is 13.2. The standard InChI is InChI=1S/C20H27ClN2O5S/c1-19(2,3)17-22-14-8-7-13(21)16(15(14)27-17)29(25,26)12-9-10-23(11-12)18(24)28-20(4,5)6/h7-8,12H,9-11H2,1-6H3/t12-/m1/s1. The number of sulfone groups is 1. The molecule has 3 rings (SSSR count). The maximum absolute atomic E-state index is 13.4. The van der Waals surface area contributed by atoms with E-state index in [1.165, 1.54) is 11.0 Å². The number of hydrogen-bond acceptors (Lipinski definition) is 6. The molecule has 160 valence electrons. The monoisotopic (exact) mass is 442 g/mol. The molecule has 1 saturated heterocycles. The molecule has 7 nitrogen and oxygen atoms in total. The van der Waals surface area contributed by atoms with E-state index in [4.69, 9.17) is 20.8 Å². The average molecular weight is 443 g/mol. The number of benzene rings is 1. The van der Waals surface area contributed by atoms with Crippen molar-refractivity contribution in [1.82, 2.24) is 9.88 Å². The van der Waals surface area contributed by atoms with Gasteiger partial charge in [-0.1, -0.05) is 32.4 Å². The minimum atomic E-state index is -3.85. The highest BCUT2D eigenvalue weighted by Gasteiger charge is 2.40. The molecule has 0 spiro atoms. The van der Waals surface area contributed by atoms with Gasteiger partial charge in [0.15, 0.2) is 15.4 Å². The molecule has 1 amide bonds. The summed E-state index contributed by atoms with van der Waals surface area (Å²) < 4.78 is 38.1. The second kappa shape index (κ2) is 7.16. The number of rotatable bonds is 2. The van der Waals surface area contributed by atoms with Crippen LogP contribution in [0.2, 0.25) is 5.02 Å². The van der Waals surface area contributed by atoms with E-state index in [0.717, 1.165) is 0 Å². The lowest BCUT2D eigenvalue weighted by Crippen LogP contribution is -2.36. The number of carbonyl (C=O) groups excluding carboxylic acids is 1. The van der Waals surface area contributed by atoms with Gasteiger partial charge >= 0.3 is 6.09 Å². The molecule has 29 heavy (non-hydrogen) atoms. The van der Waals surface area contributed by atoms with Crippen LogP contribution >= 0.6 is 11.6 Å². The SMILES string of the molecule is CC(C)(C)OC(=O)N1CC[C@@H](S(=O)(=O)c2c(Cl)ccc3nc(C(C)(C)C)oc23)C1. The lowest BCUT2D eigenvalue weighted by molar-refractivity contribution is 0.0295. The minimum Gasteiger partial charge on any atom is -0.444 e. The van der Waals surface area contributed by atoms with Crippen LogP contribution < -0.4 is 0 Å². The fourth-order valence-corrected chi connectivity index (χ4v) is 5.51. The highest BCUT2D eigenvalue weighted by Crippen LogP contribution is 2.37. The minimum absolute atomic E-state index is 0.0459. The summed E-state index contributed by atoms with van der Waals surface area (Å²) in [5.74, 6) is 0.438. The zero-order valence-electron chi connectivity index (χ0n) is 17.6. The van der Waals surface area contributed by atoms with Gasteiger partial charge in [0.25, 0.3) is 0 Å². The van der Waals surface area contributed by atoms with E-state index < -0.39 is 26.8 Å². The van der Waals surface area contributed by atoms with E-state index in [1.807, 2.05) is 20.8 Å². The van der Waals surface area contributed by atoms with Crippen molar-refractivity contribution >= 4 is 38.6 Å². The van der Waals surface area contributed by atoms with Crippen LogP contribution in [0, 0.1) is 0 Å². The third kappa shape index (κ3) is 4.38. The quantitative estimate of drug-likeness (QED) is 0.677. The van der Waals surface area contributed by atoms with Gasteiger partial charge in [-0.25, -0.2) is 18.2 Å². The van der Waals surface area contributed by atoms with Crippen molar-refractivity contribution in [2.75, 3.05) is 13.1 Å². The average Bonchev–Trinajstić information content (AvgIpc) is 3.19. The molecule has 1 aliphatic rings. The Balaban J connectivity index is 1.96. The fourth-order valence-electron chi connectivity index (χ4n) is 3.17. The normalized spacial score (nSPS) is 18.4. The van der Waals surface area contributed by atoms with Crippen LogP contribution in [0.15, 0.2) is 21.4 Å². The van der Waals surface area contributed by atoms with Gasteiger partial charge in [0.1, 0.15) is 16.0 Å². The molecule has 0 radical (unpaired) electrons. The van der Waals surface area contributed by atoms with E-state index in [0.29, 0.717) is 24.4 Å². The van der Waals surface area contributed by atoms with Gasteiger partial charge < -0.3 is 14.1 Å². The maximum Gasteiger partial charge on any atom is 0.410 e. The Morgan fingerprint density at radius 3 is 2.48 bits per heavy atom. The van der Waals surface area contributed by atoms with Crippen molar-refractivity contribution in [2.24, 2.45) is 0 Å². The van der Waals surface area contributed by atoms with Crippen LogP contribution in [0.4, 0.5) is 4.79 Å². The summed E-state index contributed by atoms with van der Waals surface area (Å²) in [7, 11) is -3.85. The van der Waals surface area contributed by atoms with Crippen molar-refractivity contribution in [3.8, 4) is 0 Å². The summed E-state index contributed by atoms with van der Waals surface area (Å²) in [6.07, 6.45) is -0.219. The van der Waals surface area contributed by atoms with Crippen LogP contribution in [-0.4, -0.2) is 48.3 Å². The van der Waals surface area contributed by atoms with Crippen molar-refractivity contribution in [3.05, 3.63) is 23.0 Å². The Hall–Kier alpha value is -1.80. The molecule has 0 unspecified atom stereocenters. The molecule has 0 N–H and O–H groups in total. The first kappa shape index (κ1) is 21.9. The Bertz CT molecular complexity index is 1050. The number of likely N-dealkylation sites (tertiary alicyclic amines) is 1. The number of ether oxygens (including phenoxy) is 1. The topological polar surface area (TPSA) is 89.7 Å². The third-order valence-corrected chi connectivity index (χ3v) is 7.29. The molecule has 0 bridgehead atoms. The van der Waals surface area contributed by atoms with Crippen molar-refractivity contribution < 1.29 is 22.4 Å². The highest BCUT2D eigenvalue weighted by molar-refractivity contribution is 7.92. The van der Waals surface area contributed by atoms with Gasteiger partial charge in [0.05, 0.1) is 10.3 Å². The van der Waals surface area contributed by atoms with Crippen LogP contribution in [0.3, 0.4) is 0 Å². The molecule has 1 fully saturated rings. The Morgan fingerprint density at radius 1 is 1.24 bits per heavy atom. The smallest absolute Gasteiger partial charge is 0.410 e. The van der Waals surface area contributed by atoms with Crippen LogP contribution in [0.1, 0.15) is 53.9 Å². The van der Waals surface area contributed by atoms with Crippen LogP contribution in [0.25, 0.3) is 11.1 Å². The predicted octanol–water partition coefficient (Wildman–Crippen LogP) is 4.56. The van der Waals surface area contributed by atoms with E-state index in [-0.39, 0.29) is 27.5 Å². The number of oxazole rings is 1. The molecule has 1 atom stereocenters. The van der Waals surface area contributed by atoms with E-state index in [2.05, 4.69) is 4.98 Å². The highest BCUT2D eigenvalue weighted by atomic mass is 35.5. The molecular weight excluding hydrogens is 416 g/mol. The molecule has 1 aliphatic heterocycles. The molecule has 2 heterocycles. The molecule has 2 aromatic rings. The van der Waals surface area contributed by atoms with Crippen LogP contribution in [0.5, 0.6) is 0 Å².